The van der Waals surface area contributed by atoms with Crippen LogP contribution in [0.1, 0.15) is 18.6 Å². The molecule has 70 valence electrons. The molecule has 0 N–H and O–H groups in total. The van der Waals surface area contributed by atoms with E-state index < -0.39 is 0 Å². The molecule has 0 heterocycles. The summed E-state index contributed by atoms with van der Waals surface area (Å²) in [4.78, 5) is 10.7. The highest BCUT2D eigenvalue weighted by Crippen LogP contribution is 2.19. The molecule has 0 aliphatic rings. The fraction of sp³-hybridized carbons (Fsp3) is 0.300. The number of hydrogen-bond donors (Lipinski definition) is 0. The van der Waals surface area contributed by atoms with Gasteiger partial charge in [0.05, 0.1) is 0 Å². The van der Waals surface area contributed by atoms with Crippen molar-refractivity contribution in [1.29, 1.82) is 0 Å². The van der Waals surface area contributed by atoms with Crippen molar-refractivity contribution in [3.05, 3.63) is 35.9 Å². The second-order valence-electron chi connectivity index (χ2n) is 2.66. The van der Waals surface area contributed by atoms with Gasteiger partial charge in [-0.3, -0.25) is 4.79 Å². The van der Waals surface area contributed by atoms with Gasteiger partial charge < -0.3 is 4.74 Å². The summed E-state index contributed by atoms with van der Waals surface area (Å²) in [6, 6.07) is 9.66. The van der Waals surface area contributed by atoms with E-state index in [0.29, 0.717) is 5.33 Å². The molecule has 0 amide bonds. The summed E-state index contributed by atoms with van der Waals surface area (Å²) in [6.07, 6.45) is -0.182. The molecule has 0 saturated carbocycles. The largest absolute Gasteiger partial charge is 0.457 e. The van der Waals surface area contributed by atoms with Gasteiger partial charge in [0, 0.05) is 12.3 Å². The summed E-state index contributed by atoms with van der Waals surface area (Å²) in [5.74, 6) is -0.256. The molecular formula is C10H11BrO2. The summed E-state index contributed by atoms with van der Waals surface area (Å²) in [6.45, 7) is 1.42. The summed E-state index contributed by atoms with van der Waals surface area (Å²) < 4.78 is 5.10. The zero-order valence-electron chi connectivity index (χ0n) is 7.37. The Hall–Kier alpha value is -0.830. The van der Waals surface area contributed by atoms with Gasteiger partial charge in [-0.2, -0.15) is 0 Å². The first-order chi connectivity index (χ1) is 6.24. The molecule has 13 heavy (non-hydrogen) atoms. The summed E-state index contributed by atoms with van der Waals surface area (Å²) in [7, 11) is 0. The third kappa shape index (κ3) is 3.19. The van der Waals surface area contributed by atoms with Crippen LogP contribution in [0.5, 0.6) is 0 Å². The van der Waals surface area contributed by atoms with Gasteiger partial charge in [-0.15, -0.1) is 0 Å². The van der Waals surface area contributed by atoms with Crippen molar-refractivity contribution in [3.8, 4) is 0 Å². The Morgan fingerprint density at radius 3 is 2.54 bits per heavy atom. The zero-order valence-corrected chi connectivity index (χ0v) is 8.95. The molecule has 1 aromatic carbocycles. The van der Waals surface area contributed by atoms with Crippen molar-refractivity contribution in [2.24, 2.45) is 0 Å². The Morgan fingerprint density at radius 1 is 1.46 bits per heavy atom. The van der Waals surface area contributed by atoms with E-state index in [1.807, 2.05) is 30.3 Å². The lowest BCUT2D eigenvalue weighted by Gasteiger charge is -2.13. The third-order valence-corrected chi connectivity index (χ3v) is 2.21. The van der Waals surface area contributed by atoms with Gasteiger partial charge in [0.15, 0.2) is 0 Å². The maximum atomic E-state index is 10.7. The molecule has 3 heteroatoms. The van der Waals surface area contributed by atoms with Gasteiger partial charge in [0.25, 0.3) is 0 Å². The van der Waals surface area contributed by atoms with E-state index in [-0.39, 0.29) is 12.1 Å². The van der Waals surface area contributed by atoms with Crippen molar-refractivity contribution in [2.45, 2.75) is 13.0 Å². The number of hydrogen-bond acceptors (Lipinski definition) is 2. The van der Waals surface area contributed by atoms with Gasteiger partial charge in [-0.05, 0) is 5.56 Å². The lowest BCUT2D eigenvalue weighted by molar-refractivity contribution is -0.145. The monoisotopic (exact) mass is 242 g/mol. The fourth-order valence-corrected chi connectivity index (χ4v) is 1.56. The van der Waals surface area contributed by atoms with Crippen LogP contribution in [0.3, 0.4) is 0 Å². The van der Waals surface area contributed by atoms with Crippen molar-refractivity contribution in [1.82, 2.24) is 0 Å². The van der Waals surface area contributed by atoms with Crippen LogP contribution >= 0.6 is 15.9 Å². The van der Waals surface area contributed by atoms with E-state index in [1.165, 1.54) is 6.92 Å². The second-order valence-corrected chi connectivity index (χ2v) is 3.31. The molecule has 0 saturated heterocycles. The number of carbonyl (C=O) groups is 1. The summed E-state index contributed by atoms with van der Waals surface area (Å²) >= 11 is 3.30. The minimum atomic E-state index is -0.256. The highest BCUT2D eigenvalue weighted by atomic mass is 79.9. The highest BCUT2D eigenvalue weighted by Gasteiger charge is 2.11. The molecule has 0 fully saturated rings. The number of esters is 1. The molecule has 0 bridgehead atoms. The van der Waals surface area contributed by atoms with Gasteiger partial charge in [0.2, 0.25) is 0 Å². The smallest absolute Gasteiger partial charge is 0.303 e. The van der Waals surface area contributed by atoms with Crippen molar-refractivity contribution in [3.63, 3.8) is 0 Å². The Kier molecular flexibility index (Phi) is 3.96. The fourth-order valence-electron chi connectivity index (χ4n) is 1.06. The Morgan fingerprint density at radius 2 is 2.08 bits per heavy atom. The van der Waals surface area contributed by atoms with Crippen molar-refractivity contribution in [2.75, 3.05) is 5.33 Å². The predicted molar refractivity (Wildman–Crippen MR) is 54.7 cm³/mol. The van der Waals surface area contributed by atoms with E-state index >= 15 is 0 Å². The van der Waals surface area contributed by atoms with Crippen LogP contribution in [0.4, 0.5) is 0 Å². The van der Waals surface area contributed by atoms with E-state index in [1.54, 1.807) is 0 Å². The minimum absolute atomic E-state index is 0.182. The molecule has 1 rings (SSSR count). The van der Waals surface area contributed by atoms with E-state index in [9.17, 15) is 4.79 Å². The SMILES string of the molecule is CC(=O)OC(CBr)c1ccccc1. The van der Waals surface area contributed by atoms with Crippen LogP contribution in [0.2, 0.25) is 0 Å². The normalized spacial score (nSPS) is 12.2. The number of alkyl halides is 1. The van der Waals surface area contributed by atoms with Crippen LogP contribution in [0, 0.1) is 0 Å². The minimum Gasteiger partial charge on any atom is -0.457 e. The standard InChI is InChI=1S/C10H11BrO2/c1-8(12)13-10(7-11)9-5-3-2-4-6-9/h2-6,10H,7H2,1H3. The molecule has 1 atom stereocenters. The van der Waals surface area contributed by atoms with Gasteiger partial charge in [0.1, 0.15) is 6.10 Å². The van der Waals surface area contributed by atoms with Crippen LogP contribution in [0.15, 0.2) is 30.3 Å². The quantitative estimate of drug-likeness (QED) is 0.602. The van der Waals surface area contributed by atoms with Gasteiger partial charge >= 0.3 is 5.97 Å². The van der Waals surface area contributed by atoms with Crippen LogP contribution in [0.25, 0.3) is 0 Å². The first kappa shape index (κ1) is 10.3. The third-order valence-electron chi connectivity index (χ3n) is 1.62. The highest BCUT2D eigenvalue weighted by molar-refractivity contribution is 9.09. The average molecular weight is 243 g/mol. The number of ether oxygens (including phenoxy) is 1. The molecule has 1 unspecified atom stereocenters. The molecule has 2 nitrogen and oxygen atoms in total. The first-order valence-electron chi connectivity index (χ1n) is 4.02. The van der Waals surface area contributed by atoms with Crippen LogP contribution < -0.4 is 0 Å². The molecule has 1 aromatic rings. The second kappa shape index (κ2) is 5.02. The van der Waals surface area contributed by atoms with E-state index in [2.05, 4.69) is 15.9 Å². The average Bonchev–Trinajstić information content (AvgIpc) is 2.15. The van der Waals surface area contributed by atoms with Gasteiger partial charge in [-0.1, -0.05) is 46.3 Å². The molecule has 0 aliphatic carbocycles. The topological polar surface area (TPSA) is 26.3 Å². The molecule has 0 aliphatic heterocycles. The maximum Gasteiger partial charge on any atom is 0.303 e. The summed E-state index contributed by atoms with van der Waals surface area (Å²) in [5.41, 5.74) is 1.01. The van der Waals surface area contributed by atoms with Crippen LogP contribution in [-0.4, -0.2) is 11.3 Å². The molecule has 0 radical (unpaired) electrons. The number of halogens is 1. The summed E-state index contributed by atoms with van der Waals surface area (Å²) in [5, 5.41) is 0.622. The molecular weight excluding hydrogens is 232 g/mol. The lowest BCUT2D eigenvalue weighted by Crippen LogP contribution is -2.09. The number of carbonyl (C=O) groups excluding carboxylic acids is 1. The molecule has 0 aromatic heterocycles. The Bertz CT molecular complexity index is 272. The number of benzene rings is 1. The zero-order chi connectivity index (χ0) is 9.68. The molecule has 0 spiro atoms. The first-order valence-corrected chi connectivity index (χ1v) is 5.14. The predicted octanol–water partition coefficient (Wildman–Crippen LogP) is 2.69. The Labute approximate surface area is 86.0 Å². The van der Waals surface area contributed by atoms with E-state index in [0.717, 1.165) is 5.56 Å². The van der Waals surface area contributed by atoms with Gasteiger partial charge in [-0.25, -0.2) is 0 Å². The Balaban J connectivity index is 2.73. The lowest BCUT2D eigenvalue weighted by atomic mass is 10.1. The van der Waals surface area contributed by atoms with Crippen molar-refractivity contribution >= 4 is 21.9 Å². The maximum absolute atomic E-state index is 10.7. The number of rotatable bonds is 3. The van der Waals surface area contributed by atoms with Crippen LogP contribution in [-0.2, 0) is 9.53 Å². The van der Waals surface area contributed by atoms with E-state index in [4.69, 9.17) is 4.74 Å². The van der Waals surface area contributed by atoms with Crippen molar-refractivity contribution < 1.29 is 9.53 Å².